The number of para-hydroxylation sites is 1. The first-order valence-corrected chi connectivity index (χ1v) is 7.13. The fraction of sp³-hybridized carbons (Fsp3) is 0.562. The van der Waals surface area contributed by atoms with E-state index in [4.69, 9.17) is 5.11 Å². The lowest BCUT2D eigenvalue weighted by Gasteiger charge is -2.20. The molecule has 1 heterocycles. The van der Waals surface area contributed by atoms with Crippen LogP contribution in [0.15, 0.2) is 24.3 Å². The van der Waals surface area contributed by atoms with Gasteiger partial charge in [-0.2, -0.15) is 0 Å². The zero-order chi connectivity index (χ0) is 13.8. The predicted octanol–water partition coefficient (Wildman–Crippen LogP) is 3.50. The van der Waals surface area contributed by atoms with Crippen molar-refractivity contribution in [2.24, 2.45) is 5.92 Å². The molecule has 0 saturated heterocycles. The van der Waals surface area contributed by atoms with Crippen LogP contribution in [0.3, 0.4) is 0 Å². The number of hydrogen-bond acceptors (Lipinski definition) is 2. The molecular weight excluding hydrogens is 238 g/mol. The van der Waals surface area contributed by atoms with Crippen molar-refractivity contribution in [1.82, 2.24) is 0 Å². The molecule has 1 atom stereocenters. The fourth-order valence-corrected chi connectivity index (χ4v) is 2.87. The standard InChI is InChI=1S/C16H23NO2/c1-12(2)6-5-9-17-11-13(10-16(18)19)14-7-3-4-8-15(14)17/h3-4,7-8,12-13H,5-6,9-11H2,1-2H3,(H,18,19). The summed E-state index contributed by atoms with van der Waals surface area (Å²) >= 11 is 0. The van der Waals surface area contributed by atoms with Crippen molar-refractivity contribution >= 4 is 11.7 Å². The van der Waals surface area contributed by atoms with Crippen LogP contribution in [-0.2, 0) is 4.79 Å². The number of nitrogens with zero attached hydrogens (tertiary/aromatic N) is 1. The number of carboxylic acid groups (broad SMARTS) is 1. The number of aliphatic carboxylic acids is 1. The highest BCUT2D eigenvalue weighted by Crippen LogP contribution is 2.37. The molecule has 1 N–H and O–H groups in total. The molecule has 1 aliphatic rings. The lowest BCUT2D eigenvalue weighted by atomic mass is 9.98. The van der Waals surface area contributed by atoms with E-state index < -0.39 is 5.97 Å². The minimum absolute atomic E-state index is 0.146. The van der Waals surface area contributed by atoms with E-state index in [9.17, 15) is 4.79 Å². The molecule has 0 radical (unpaired) electrons. The molecule has 1 aromatic carbocycles. The lowest BCUT2D eigenvalue weighted by Crippen LogP contribution is -2.24. The Morgan fingerprint density at radius 2 is 2.16 bits per heavy atom. The Kier molecular flexibility index (Phi) is 4.46. The van der Waals surface area contributed by atoms with E-state index in [1.54, 1.807) is 0 Å². The normalized spacial score (nSPS) is 17.8. The number of anilines is 1. The van der Waals surface area contributed by atoms with Gasteiger partial charge in [-0.15, -0.1) is 0 Å². The van der Waals surface area contributed by atoms with Crippen molar-refractivity contribution in [2.75, 3.05) is 18.0 Å². The van der Waals surface area contributed by atoms with Gasteiger partial charge >= 0.3 is 5.97 Å². The quantitative estimate of drug-likeness (QED) is 0.852. The molecule has 1 unspecified atom stereocenters. The first-order chi connectivity index (χ1) is 9.08. The van der Waals surface area contributed by atoms with Crippen LogP contribution in [0.25, 0.3) is 0 Å². The van der Waals surface area contributed by atoms with E-state index in [0.29, 0.717) is 0 Å². The highest BCUT2D eigenvalue weighted by atomic mass is 16.4. The number of hydrogen-bond donors (Lipinski definition) is 1. The van der Waals surface area contributed by atoms with Crippen LogP contribution in [0.4, 0.5) is 5.69 Å². The lowest BCUT2D eigenvalue weighted by molar-refractivity contribution is -0.137. The second kappa shape index (κ2) is 6.09. The van der Waals surface area contributed by atoms with E-state index in [0.717, 1.165) is 19.0 Å². The van der Waals surface area contributed by atoms with E-state index in [1.807, 2.05) is 12.1 Å². The highest BCUT2D eigenvalue weighted by molar-refractivity contribution is 5.71. The molecule has 3 nitrogen and oxygen atoms in total. The Morgan fingerprint density at radius 3 is 2.84 bits per heavy atom. The second-order valence-corrected chi connectivity index (χ2v) is 5.84. The molecule has 0 fully saturated rings. The van der Waals surface area contributed by atoms with E-state index in [-0.39, 0.29) is 12.3 Å². The van der Waals surface area contributed by atoms with Gasteiger partial charge in [0.1, 0.15) is 0 Å². The Hall–Kier alpha value is -1.51. The number of carbonyl (C=O) groups is 1. The third-order valence-corrected chi connectivity index (χ3v) is 3.79. The van der Waals surface area contributed by atoms with Gasteiger partial charge in [0.25, 0.3) is 0 Å². The second-order valence-electron chi connectivity index (χ2n) is 5.84. The smallest absolute Gasteiger partial charge is 0.304 e. The molecule has 0 bridgehead atoms. The molecule has 1 aliphatic heterocycles. The monoisotopic (exact) mass is 261 g/mol. The number of carboxylic acids is 1. The van der Waals surface area contributed by atoms with Gasteiger partial charge < -0.3 is 10.0 Å². The van der Waals surface area contributed by atoms with Crippen molar-refractivity contribution in [3.63, 3.8) is 0 Å². The van der Waals surface area contributed by atoms with Crippen molar-refractivity contribution in [1.29, 1.82) is 0 Å². The van der Waals surface area contributed by atoms with Crippen LogP contribution < -0.4 is 4.90 Å². The molecule has 0 saturated carbocycles. The third-order valence-electron chi connectivity index (χ3n) is 3.79. The molecule has 0 spiro atoms. The van der Waals surface area contributed by atoms with Crippen molar-refractivity contribution in [3.05, 3.63) is 29.8 Å². The molecule has 0 amide bonds. The fourth-order valence-electron chi connectivity index (χ4n) is 2.87. The third kappa shape index (κ3) is 3.49. The first kappa shape index (κ1) is 13.9. The minimum Gasteiger partial charge on any atom is -0.481 e. The summed E-state index contributed by atoms with van der Waals surface area (Å²) in [5.41, 5.74) is 2.44. The van der Waals surface area contributed by atoms with E-state index >= 15 is 0 Å². The summed E-state index contributed by atoms with van der Waals surface area (Å²) in [6.07, 6.45) is 2.63. The highest BCUT2D eigenvalue weighted by Gasteiger charge is 2.29. The topological polar surface area (TPSA) is 40.5 Å². The van der Waals surface area contributed by atoms with E-state index in [2.05, 4.69) is 30.9 Å². The molecule has 104 valence electrons. The van der Waals surface area contributed by atoms with Crippen molar-refractivity contribution in [2.45, 2.75) is 39.0 Å². The van der Waals surface area contributed by atoms with Crippen LogP contribution in [0.2, 0.25) is 0 Å². The maximum atomic E-state index is 11.0. The van der Waals surface area contributed by atoms with Crippen molar-refractivity contribution < 1.29 is 9.90 Å². The summed E-state index contributed by atoms with van der Waals surface area (Å²) < 4.78 is 0. The maximum absolute atomic E-state index is 11.0. The van der Waals surface area contributed by atoms with E-state index in [1.165, 1.54) is 24.1 Å². The summed E-state index contributed by atoms with van der Waals surface area (Å²) in [6.45, 7) is 6.37. The van der Waals surface area contributed by atoms with Gasteiger partial charge in [0.05, 0.1) is 6.42 Å². The largest absolute Gasteiger partial charge is 0.481 e. The van der Waals surface area contributed by atoms with Crippen molar-refractivity contribution in [3.8, 4) is 0 Å². The average Bonchev–Trinajstić information content (AvgIpc) is 2.67. The number of rotatable bonds is 6. The van der Waals surface area contributed by atoms with Crippen LogP contribution in [0.5, 0.6) is 0 Å². The SMILES string of the molecule is CC(C)CCCN1CC(CC(=O)O)c2ccccc21. The Labute approximate surface area is 115 Å². The number of benzene rings is 1. The Balaban J connectivity index is 2.05. The van der Waals surface area contributed by atoms with Gasteiger partial charge in [0.15, 0.2) is 0 Å². The summed E-state index contributed by atoms with van der Waals surface area (Å²) in [7, 11) is 0. The van der Waals surface area contributed by atoms with Gasteiger partial charge in [0.2, 0.25) is 0 Å². The van der Waals surface area contributed by atoms with Crippen LogP contribution in [0, 0.1) is 5.92 Å². The molecule has 19 heavy (non-hydrogen) atoms. The summed E-state index contributed by atoms with van der Waals surface area (Å²) in [5.74, 6) is 0.171. The van der Waals surface area contributed by atoms with Gasteiger partial charge in [0, 0.05) is 24.7 Å². The molecule has 2 rings (SSSR count). The average molecular weight is 261 g/mol. The van der Waals surface area contributed by atoms with Gasteiger partial charge in [-0.25, -0.2) is 0 Å². The zero-order valence-electron chi connectivity index (χ0n) is 11.8. The van der Waals surface area contributed by atoms with Crippen LogP contribution in [0.1, 0.15) is 44.6 Å². The first-order valence-electron chi connectivity index (χ1n) is 7.13. The van der Waals surface area contributed by atoms with Crippen LogP contribution >= 0.6 is 0 Å². The molecule has 0 aromatic heterocycles. The molecular formula is C16H23NO2. The molecule has 1 aromatic rings. The minimum atomic E-state index is -0.705. The van der Waals surface area contributed by atoms with Gasteiger partial charge in [-0.1, -0.05) is 32.0 Å². The Bertz CT molecular complexity index is 442. The summed E-state index contributed by atoms with van der Waals surface area (Å²) in [5, 5.41) is 9.02. The molecule has 3 heteroatoms. The summed E-state index contributed by atoms with van der Waals surface area (Å²) in [6, 6.07) is 8.24. The Morgan fingerprint density at radius 1 is 1.42 bits per heavy atom. The zero-order valence-corrected chi connectivity index (χ0v) is 11.8. The maximum Gasteiger partial charge on any atom is 0.304 e. The summed E-state index contributed by atoms with van der Waals surface area (Å²) in [4.78, 5) is 13.3. The van der Waals surface area contributed by atoms with Gasteiger partial charge in [-0.3, -0.25) is 4.79 Å². The van der Waals surface area contributed by atoms with Crippen LogP contribution in [-0.4, -0.2) is 24.2 Å². The van der Waals surface area contributed by atoms with Gasteiger partial charge in [-0.05, 0) is 30.4 Å². The number of fused-ring (bicyclic) bond motifs is 1. The predicted molar refractivity (Wildman–Crippen MR) is 77.7 cm³/mol. The molecule has 0 aliphatic carbocycles.